The average Bonchev–Trinajstić information content (AvgIpc) is 2.97. The molecule has 0 radical (unpaired) electrons. The van der Waals surface area contributed by atoms with Crippen LogP contribution in [-0.4, -0.2) is 48.0 Å². The largest absolute Gasteiger partial charge is 0.365 e. The van der Waals surface area contributed by atoms with Crippen molar-refractivity contribution < 1.29 is 19.3 Å². The van der Waals surface area contributed by atoms with E-state index in [4.69, 9.17) is 16.2 Å². The van der Waals surface area contributed by atoms with Gasteiger partial charge in [-0.3, -0.25) is 30.9 Å². The summed E-state index contributed by atoms with van der Waals surface area (Å²) in [6.07, 6.45) is 3.26. The van der Waals surface area contributed by atoms with E-state index in [0.717, 1.165) is 0 Å². The van der Waals surface area contributed by atoms with Crippen LogP contribution in [0.3, 0.4) is 0 Å². The van der Waals surface area contributed by atoms with Crippen LogP contribution < -0.4 is 16.5 Å². The van der Waals surface area contributed by atoms with Crippen molar-refractivity contribution in [2.45, 2.75) is 12.2 Å². The van der Waals surface area contributed by atoms with Gasteiger partial charge in [-0.15, -0.1) is 0 Å². The fourth-order valence-electron chi connectivity index (χ4n) is 2.90. The number of hydrogen-bond acceptors (Lipinski definition) is 3. The number of carbonyl (C=O) groups excluding carboxylic acids is 2. The molecule has 2 bridgehead atoms. The minimum absolute atomic E-state index is 0.0827. The van der Waals surface area contributed by atoms with Crippen LogP contribution in [0.5, 0.6) is 0 Å². The van der Waals surface area contributed by atoms with Gasteiger partial charge in [0.05, 0.1) is 37.1 Å². The number of nitrogens with one attached hydrogen (secondary N) is 1. The molecule has 0 aromatic carbocycles. The smallest absolute Gasteiger partial charge is 0.338 e. The van der Waals surface area contributed by atoms with Gasteiger partial charge >= 0.3 is 5.96 Å². The molecule has 96 valence electrons. The van der Waals surface area contributed by atoms with Gasteiger partial charge in [-0.2, -0.15) is 0 Å². The summed E-state index contributed by atoms with van der Waals surface area (Å²) in [5.41, 5.74) is 10.5. The van der Waals surface area contributed by atoms with Gasteiger partial charge in [0, 0.05) is 0 Å². The Morgan fingerprint density at radius 1 is 1.22 bits per heavy atom. The van der Waals surface area contributed by atoms with Crippen molar-refractivity contribution in [3.8, 4) is 0 Å². The number of amides is 2. The van der Waals surface area contributed by atoms with E-state index in [1.54, 1.807) is 0 Å². The summed E-state index contributed by atoms with van der Waals surface area (Å²) in [4.78, 5) is 28.3. The molecular weight excluding hydrogens is 236 g/mol. The van der Waals surface area contributed by atoms with Crippen LogP contribution in [0.1, 0.15) is 0 Å². The third-order valence-corrected chi connectivity index (χ3v) is 3.67. The average molecular weight is 251 g/mol. The molecular formula is C11H15N4O3+. The van der Waals surface area contributed by atoms with Gasteiger partial charge < -0.3 is 4.74 Å². The predicted octanol–water partition coefficient (Wildman–Crippen LogP) is -3.72. The molecule has 0 spiro atoms. The highest BCUT2D eigenvalue weighted by atomic mass is 16.5. The number of fused-ring (bicyclic) bond motifs is 5. The Kier molecular flexibility index (Phi) is 2.37. The summed E-state index contributed by atoms with van der Waals surface area (Å²) in [6.45, 7) is 0.644. The highest BCUT2D eigenvalue weighted by Gasteiger charge is 2.60. The number of rotatable bonds is 3. The van der Waals surface area contributed by atoms with E-state index in [9.17, 15) is 9.59 Å². The van der Waals surface area contributed by atoms with Gasteiger partial charge in [-0.25, -0.2) is 0 Å². The van der Waals surface area contributed by atoms with Crippen molar-refractivity contribution >= 4 is 17.8 Å². The Hall–Kier alpha value is -1.89. The number of likely N-dealkylation sites (tertiary alicyclic amines) is 1. The summed E-state index contributed by atoms with van der Waals surface area (Å²) in [5.74, 6) is -0.906. The molecule has 7 nitrogen and oxygen atoms in total. The number of nitrogens with zero attached hydrogens (tertiary/aromatic N) is 1. The van der Waals surface area contributed by atoms with Gasteiger partial charge in [0.25, 0.3) is 0 Å². The molecule has 4 atom stereocenters. The zero-order valence-electron chi connectivity index (χ0n) is 9.70. The first kappa shape index (κ1) is 11.2. The van der Waals surface area contributed by atoms with Gasteiger partial charge in [0.15, 0.2) is 0 Å². The van der Waals surface area contributed by atoms with Crippen LogP contribution in [0.25, 0.3) is 0 Å². The molecule has 0 aliphatic carbocycles. The van der Waals surface area contributed by atoms with Crippen LogP contribution >= 0.6 is 0 Å². The van der Waals surface area contributed by atoms with Gasteiger partial charge in [-0.05, 0) is 0 Å². The molecule has 5 N–H and O–H groups in total. The van der Waals surface area contributed by atoms with Gasteiger partial charge in [-0.1, -0.05) is 12.2 Å². The molecule has 0 aromatic rings. The lowest BCUT2D eigenvalue weighted by Crippen LogP contribution is -2.79. The monoisotopic (exact) mass is 251 g/mol. The fraction of sp³-hybridized carbons (Fsp3) is 0.545. The van der Waals surface area contributed by atoms with Crippen molar-refractivity contribution in [2.75, 3.05) is 13.1 Å². The van der Waals surface area contributed by atoms with E-state index < -0.39 is 0 Å². The fourth-order valence-corrected chi connectivity index (χ4v) is 2.90. The first-order valence-corrected chi connectivity index (χ1v) is 5.90. The lowest BCUT2D eigenvalue weighted by molar-refractivity contribution is -0.458. The Bertz CT molecular complexity index is 439. The van der Waals surface area contributed by atoms with Crippen molar-refractivity contribution in [3.63, 3.8) is 0 Å². The predicted molar refractivity (Wildman–Crippen MR) is 60.7 cm³/mol. The van der Waals surface area contributed by atoms with E-state index in [1.807, 2.05) is 12.2 Å². The Morgan fingerprint density at radius 2 is 1.78 bits per heavy atom. The van der Waals surface area contributed by atoms with Crippen LogP contribution in [0.4, 0.5) is 0 Å². The summed E-state index contributed by atoms with van der Waals surface area (Å²) in [6, 6.07) is 0. The molecule has 4 unspecified atom stereocenters. The third-order valence-electron chi connectivity index (χ3n) is 3.67. The number of nitrogens with two attached hydrogens (primary N) is 2. The molecule has 7 heteroatoms. The second kappa shape index (κ2) is 3.81. The Labute approximate surface area is 103 Å². The zero-order valence-corrected chi connectivity index (χ0v) is 9.70. The molecule has 2 amide bonds. The van der Waals surface area contributed by atoms with Crippen molar-refractivity contribution in [2.24, 2.45) is 23.3 Å². The molecule has 3 rings (SSSR count). The van der Waals surface area contributed by atoms with Crippen LogP contribution in [0.15, 0.2) is 12.2 Å². The van der Waals surface area contributed by atoms with Crippen LogP contribution in [0.2, 0.25) is 0 Å². The maximum absolute atomic E-state index is 12.2. The SMILES string of the molecule is NC(N)=[NH+]CCN1C(=O)C2C3C=CC(O3)C2C1=O. The number of hydrogen-bond donors (Lipinski definition) is 3. The highest BCUT2D eigenvalue weighted by molar-refractivity contribution is 6.06. The standard InChI is InChI=1S/C11H14N4O3/c12-11(13)14-3-4-15-9(16)7-5-1-2-6(18-5)8(7)10(15)17/h1-2,5-8H,3-4H2,(H4,12,13,14)/p+1. The molecule has 2 saturated heterocycles. The molecule has 0 aromatic heterocycles. The topological polar surface area (TPSA) is 113 Å². The van der Waals surface area contributed by atoms with E-state index in [-0.39, 0.29) is 48.4 Å². The zero-order chi connectivity index (χ0) is 12.9. The normalized spacial score (nSPS) is 36.3. The van der Waals surface area contributed by atoms with Gasteiger partial charge in [0.2, 0.25) is 11.8 Å². The van der Waals surface area contributed by atoms with Crippen molar-refractivity contribution in [1.29, 1.82) is 0 Å². The number of carbonyl (C=O) groups is 2. The second-order valence-electron chi connectivity index (χ2n) is 4.71. The summed E-state index contributed by atoms with van der Waals surface area (Å²) >= 11 is 0. The van der Waals surface area contributed by atoms with E-state index >= 15 is 0 Å². The second-order valence-corrected chi connectivity index (χ2v) is 4.71. The Morgan fingerprint density at radius 3 is 2.28 bits per heavy atom. The first-order valence-electron chi connectivity index (χ1n) is 5.90. The van der Waals surface area contributed by atoms with E-state index in [1.165, 1.54) is 4.90 Å². The van der Waals surface area contributed by atoms with Crippen LogP contribution in [0, 0.1) is 11.8 Å². The van der Waals surface area contributed by atoms with E-state index in [2.05, 4.69) is 4.99 Å². The lowest BCUT2D eigenvalue weighted by atomic mass is 9.85. The minimum atomic E-state index is -0.341. The molecule has 2 fully saturated rings. The number of ether oxygens (including phenoxy) is 1. The third kappa shape index (κ3) is 1.43. The Balaban J connectivity index is 1.74. The van der Waals surface area contributed by atoms with E-state index in [0.29, 0.717) is 6.54 Å². The highest BCUT2D eigenvalue weighted by Crippen LogP contribution is 2.44. The minimum Gasteiger partial charge on any atom is -0.365 e. The number of guanidine groups is 1. The summed E-state index contributed by atoms with van der Waals surface area (Å²) < 4.78 is 5.53. The lowest BCUT2D eigenvalue weighted by Gasteiger charge is -2.15. The maximum Gasteiger partial charge on any atom is 0.338 e. The van der Waals surface area contributed by atoms with Crippen molar-refractivity contribution in [1.82, 2.24) is 4.90 Å². The quantitative estimate of drug-likeness (QED) is 0.207. The molecule has 3 aliphatic heterocycles. The maximum atomic E-state index is 12.2. The number of imide groups is 1. The van der Waals surface area contributed by atoms with Crippen LogP contribution in [-0.2, 0) is 14.3 Å². The van der Waals surface area contributed by atoms with Crippen molar-refractivity contribution in [3.05, 3.63) is 12.2 Å². The molecule has 0 saturated carbocycles. The summed E-state index contributed by atoms with van der Waals surface area (Å²) in [5, 5.41) is 0. The first-order chi connectivity index (χ1) is 8.59. The van der Waals surface area contributed by atoms with Gasteiger partial charge in [0.1, 0.15) is 0 Å². The summed E-state index contributed by atoms with van der Waals surface area (Å²) in [7, 11) is 0. The molecule has 18 heavy (non-hydrogen) atoms. The molecule has 3 aliphatic rings. The molecule has 3 heterocycles.